The second kappa shape index (κ2) is 7.58. The van der Waals surface area contributed by atoms with E-state index in [4.69, 9.17) is 4.74 Å². The zero-order valence-corrected chi connectivity index (χ0v) is 11.5. The quantitative estimate of drug-likeness (QED) is 0.711. The maximum Gasteiger partial charge on any atom is 0.330 e. The molecule has 0 aliphatic carbocycles. The highest BCUT2D eigenvalue weighted by atomic mass is 19.3. The third kappa shape index (κ3) is 4.75. The molecule has 1 heterocycles. The van der Waals surface area contributed by atoms with Crippen molar-refractivity contribution < 1.29 is 22.3 Å². The number of imidazole rings is 1. The van der Waals surface area contributed by atoms with Gasteiger partial charge in [-0.05, 0) is 13.0 Å². The minimum absolute atomic E-state index is 0.146. The van der Waals surface area contributed by atoms with Crippen LogP contribution < -0.4 is 5.32 Å². The molecule has 0 saturated carbocycles. The van der Waals surface area contributed by atoms with Crippen molar-refractivity contribution in [3.63, 3.8) is 0 Å². The first-order valence-electron chi connectivity index (χ1n) is 6.32. The molecule has 1 N–H and O–H groups in total. The fourth-order valence-electron chi connectivity index (χ4n) is 1.63. The Morgan fingerprint density at radius 2 is 2.15 bits per heavy atom. The maximum absolute atomic E-state index is 12.8. The average molecular weight is 297 g/mol. The zero-order valence-electron chi connectivity index (χ0n) is 11.5. The van der Waals surface area contributed by atoms with Crippen molar-refractivity contribution >= 4 is 0 Å². The van der Waals surface area contributed by atoms with Crippen LogP contribution in [0.5, 0.6) is 0 Å². The molecule has 0 fully saturated rings. The predicted molar refractivity (Wildman–Crippen MR) is 66.0 cm³/mol. The molecule has 20 heavy (non-hydrogen) atoms. The fraction of sp³-hybridized carbons (Fsp3) is 0.750. The minimum Gasteiger partial charge on any atom is -0.373 e. The summed E-state index contributed by atoms with van der Waals surface area (Å²) >= 11 is 0. The average Bonchev–Trinajstić information content (AvgIpc) is 2.79. The third-order valence-corrected chi connectivity index (χ3v) is 2.71. The molecule has 1 aromatic rings. The lowest BCUT2D eigenvalue weighted by Crippen LogP contribution is -2.35. The van der Waals surface area contributed by atoms with E-state index >= 15 is 0 Å². The molecular weight excluding hydrogens is 278 g/mol. The van der Waals surface area contributed by atoms with E-state index in [9.17, 15) is 17.6 Å². The van der Waals surface area contributed by atoms with Crippen molar-refractivity contribution in [1.29, 1.82) is 0 Å². The van der Waals surface area contributed by atoms with Gasteiger partial charge in [0.1, 0.15) is 12.4 Å². The van der Waals surface area contributed by atoms with Crippen molar-refractivity contribution in [2.75, 3.05) is 19.8 Å². The lowest BCUT2D eigenvalue weighted by Gasteiger charge is -2.20. The van der Waals surface area contributed by atoms with Crippen molar-refractivity contribution in [3.05, 3.63) is 18.2 Å². The smallest absolute Gasteiger partial charge is 0.330 e. The zero-order chi connectivity index (χ0) is 15.2. The minimum atomic E-state index is -4.13. The molecule has 0 amide bonds. The second-order valence-corrected chi connectivity index (χ2v) is 4.48. The topological polar surface area (TPSA) is 39.1 Å². The highest BCUT2D eigenvalue weighted by Crippen LogP contribution is 2.23. The molecule has 0 radical (unpaired) electrons. The summed E-state index contributed by atoms with van der Waals surface area (Å²) in [4.78, 5) is 4.10. The largest absolute Gasteiger partial charge is 0.373 e. The van der Waals surface area contributed by atoms with Gasteiger partial charge in [-0.25, -0.2) is 13.8 Å². The first-order valence-corrected chi connectivity index (χ1v) is 6.32. The Kier molecular flexibility index (Phi) is 6.41. The van der Waals surface area contributed by atoms with Crippen LogP contribution in [0.15, 0.2) is 12.4 Å². The molecule has 0 aliphatic heterocycles. The van der Waals surface area contributed by atoms with Crippen molar-refractivity contribution in [2.24, 2.45) is 7.05 Å². The number of ether oxygens (including phenoxy) is 1. The van der Waals surface area contributed by atoms with Crippen LogP contribution in [0.4, 0.5) is 17.6 Å². The van der Waals surface area contributed by atoms with Crippen molar-refractivity contribution in [3.8, 4) is 0 Å². The van der Waals surface area contributed by atoms with Gasteiger partial charge >= 0.3 is 12.3 Å². The molecule has 0 aromatic carbocycles. The summed E-state index contributed by atoms with van der Waals surface area (Å²) in [5, 5.41) is 3.09. The third-order valence-electron chi connectivity index (χ3n) is 2.71. The van der Waals surface area contributed by atoms with Crippen LogP contribution >= 0.6 is 0 Å². The number of hydrogen-bond acceptors (Lipinski definition) is 3. The summed E-state index contributed by atoms with van der Waals surface area (Å²) in [5.74, 6) is -3.52. The first-order chi connectivity index (χ1) is 9.38. The number of alkyl halides is 4. The number of aryl methyl sites for hydroxylation is 1. The Hall–Kier alpha value is -1.15. The maximum atomic E-state index is 12.8. The number of nitrogens with zero attached hydrogens (tertiary/aromatic N) is 2. The Balaban J connectivity index is 2.56. The Morgan fingerprint density at radius 1 is 1.45 bits per heavy atom. The van der Waals surface area contributed by atoms with E-state index in [1.807, 2.05) is 6.92 Å². The lowest BCUT2D eigenvalue weighted by molar-refractivity contribution is -0.167. The molecule has 0 saturated heterocycles. The lowest BCUT2D eigenvalue weighted by atomic mass is 10.2. The number of rotatable bonds is 9. The van der Waals surface area contributed by atoms with Gasteiger partial charge in [-0.1, -0.05) is 6.92 Å². The molecule has 0 aliphatic rings. The molecule has 8 heteroatoms. The van der Waals surface area contributed by atoms with Crippen LogP contribution in [0.1, 0.15) is 25.2 Å². The molecule has 0 bridgehead atoms. The van der Waals surface area contributed by atoms with E-state index in [-0.39, 0.29) is 6.61 Å². The molecular formula is C12H19F4N3O. The van der Waals surface area contributed by atoms with Crippen molar-refractivity contribution in [1.82, 2.24) is 14.9 Å². The van der Waals surface area contributed by atoms with Crippen LogP contribution in [0, 0.1) is 0 Å². The van der Waals surface area contributed by atoms with Crippen LogP contribution in [0.2, 0.25) is 0 Å². The monoisotopic (exact) mass is 297 g/mol. The number of nitrogens with one attached hydrogen (secondary N) is 1. The van der Waals surface area contributed by atoms with Gasteiger partial charge in [0.25, 0.3) is 0 Å². The Labute approximate surface area is 115 Å². The van der Waals surface area contributed by atoms with E-state index in [2.05, 4.69) is 10.3 Å². The Bertz CT molecular complexity index is 398. The molecule has 1 rings (SSSR count). The van der Waals surface area contributed by atoms with Gasteiger partial charge in [-0.2, -0.15) is 8.78 Å². The Morgan fingerprint density at radius 3 is 2.65 bits per heavy atom. The standard InChI is InChI=1S/C12H19F4N3O/c1-3-4-17-9(10-18-5-6-19(10)2)7-20-8-12(15,16)11(13)14/h5-6,9,11,17H,3-4,7-8H2,1-2H3. The molecule has 116 valence electrons. The van der Waals surface area contributed by atoms with Crippen LogP contribution in [-0.2, 0) is 11.8 Å². The summed E-state index contributed by atoms with van der Waals surface area (Å²) < 4.78 is 56.0. The van der Waals surface area contributed by atoms with Gasteiger partial charge < -0.3 is 14.6 Å². The van der Waals surface area contributed by atoms with Crippen LogP contribution in [-0.4, -0.2) is 41.7 Å². The van der Waals surface area contributed by atoms with Gasteiger partial charge in [-0.3, -0.25) is 0 Å². The molecule has 1 atom stereocenters. The van der Waals surface area contributed by atoms with Crippen molar-refractivity contribution in [2.45, 2.75) is 31.7 Å². The normalized spacial score (nSPS) is 13.9. The van der Waals surface area contributed by atoms with E-state index in [1.165, 1.54) is 0 Å². The number of hydrogen-bond donors (Lipinski definition) is 1. The summed E-state index contributed by atoms with van der Waals surface area (Å²) in [6.07, 6.45) is 0.402. The van der Waals surface area contributed by atoms with E-state index < -0.39 is 25.0 Å². The summed E-state index contributed by atoms with van der Waals surface area (Å²) in [6.45, 7) is 1.15. The SMILES string of the molecule is CCCNC(COCC(F)(F)C(F)F)c1nccn1C. The van der Waals surface area contributed by atoms with Gasteiger partial charge in [0.15, 0.2) is 0 Å². The summed E-state index contributed by atoms with van der Waals surface area (Å²) in [6, 6.07) is -0.413. The second-order valence-electron chi connectivity index (χ2n) is 4.48. The van der Waals surface area contributed by atoms with Gasteiger partial charge in [0.05, 0.1) is 12.6 Å². The predicted octanol–water partition coefficient (Wildman–Crippen LogP) is 2.38. The molecule has 0 spiro atoms. The fourth-order valence-corrected chi connectivity index (χ4v) is 1.63. The summed E-state index contributed by atoms with van der Waals surface area (Å²) in [7, 11) is 1.76. The summed E-state index contributed by atoms with van der Waals surface area (Å²) in [5.41, 5.74) is 0. The van der Waals surface area contributed by atoms with Crippen LogP contribution in [0.3, 0.4) is 0 Å². The van der Waals surface area contributed by atoms with Gasteiger partial charge in [0, 0.05) is 19.4 Å². The van der Waals surface area contributed by atoms with Crippen LogP contribution in [0.25, 0.3) is 0 Å². The van der Waals surface area contributed by atoms with Gasteiger partial charge in [-0.15, -0.1) is 0 Å². The molecule has 1 aromatic heterocycles. The van der Waals surface area contributed by atoms with E-state index in [0.29, 0.717) is 12.4 Å². The highest BCUT2D eigenvalue weighted by Gasteiger charge is 2.41. The van der Waals surface area contributed by atoms with Gasteiger partial charge in [0.2, 0.25) is 0 Å². The highest BCUT2D eigenvalue weighted by molar-refractivity contribution is 4.98. The van der Waals surface area contributed by atoms with E-state index in [1.54, 1.807) is 24.0 Å². The van der Waals surface area contributed by atoms with E-state index in [0.717, 1.165) is 6.42 Å². The molecule has 1 unspecified atom stereocenters. The number of aromatic nitrogens is 2. The molecule has 4 nitrogen and oxygen atoms in total. The first kappa shape index (κ1) is 16.9. The number of halogens is 4.